The van der Waals surface area contributed by atoms with E-state index >= 15 is 0 Å². The van der Waals surface area contributed by atoms with Crippen LogP contribution in [0.5, 0.6) is 0 Å². The summed E-state index contributed by atoms with van der Waals surface area (Å²) in [6, 6.07) is 69.0. The van der Waals surface area contributed by atoms with Gasteiger partial charge in [-0.05, 0) is 105 Å². The molecule has 56 heavy (non-hydrogen) atoms. The maximum atomic E-state index is 6.59. The molecule has 2 heterocycles. The van der Waals surface area contributed by atoms with Gasteiger partial charge in [-0.25, -0.2) is 0 Å². The summed E-state index contributed by atoms with van der Waals surface area (Å²) in [5, 5.41) is 11.7. The van der Waals surface area contributed by atoms with Crippen molar-refractivity contribution in [2.75, 3.05) is 9.80 Å². The van der Waals surface area contributed by atoms with Gasteiger partial charge in [0.15, 0.2) is 11.2 Å². The maximum absolute atomic E-state index is 6.59. The van der Waals surface area contributed by atoms with E-state index in [0.29, 0.717) is 0 Å². The van der Waals surface area contributed by atoms with Crippen LogP contribution in [0.4, 0.5) is 34.1 Å². The summed E-state index contributed by atoms with van der Waals surface area (Å²) in [5.74, 6) is 0. The van der Waals surface area contributed by atoms with Crippen molar-refractivity contribution in [3.63, 3.8) is 0 Å². The van der Waals surface area contributed by atoms with Gasteiger partial charge in [0.1, 0.15) is 11.2 Å². The van der Waals surface area contributed by atoms with Crippen molar-refractivity contribution in [2.24, 2.45) is 0 Å². The van der Waals surface area contributed by atoms with Crippen LogP contribution in [0.25, 0.3) is 76.2 Å². The molecule has 0 N–H and O–H groups in total. The molecule has 0 unspecified atom stereocenters. The highest BCUT2D eigenvalue weighted by Crippen LogP contribution is 2.47. The molecule has 2 aromatic heterocycles. The molecule has 0 saturated heterocycles. The Kier molecular flexibility index (Phi) is 6.60. The number of nitrogens with zero attached hydrogens (tertiary/aromatic N) is 2. The van der Waals surface area contributed by atoms with E-state index in [-0.39, 0.29) is 0 Å². The van der Waals surface area contributed by atoms with E-state index in [1.165, 1.54) is 32.3 Å². The summed E-state index contributed by atoms with van der Waals surface area (Å²) in [6.07, 6.45) is 0. The Morgan fingerprint density at radius 2 is 0.643 bits per heavy atom. The minimum atomic E-state index is 0.872. The molecule has 12 rings (SSSR count). The van der Waals surface area contributed by atoms with Crippen LogP contribution in [0, 0.1) is 0 Å². The van der Waals surface area contributed by atoms with Gasteiger partial charge in [-0.3, -0.25) is 0 Å². The lowest BCUT2D eigenvalue weighted by Crippen LogP contribution is -2.10. The summed E-state index contributed by atoms with van der Waals surface area (Å²) in [6.45, 7) is 0. The molecule has 12 aromatic rings. The molecular weight excluding hydrogens is 685 g/mol. The Hall–Kier alpha value is -7.56. The third-order valence-corrected chi connectivity index (χ3v) is 11.3. The van der Waals surface area contributed by atoms with E-state index in [2.05, 4.69) is 180 Å². The highest BCUT2D eigenvalue weighted by atomic mass is 16.3. The number of benzene rings is 10. The zero-order chi connectivity index (χ0) is 36.7. The largest absolute Gasteiger partial charge is 0.454 e. The van der Waals surface area contributed by atoms with Crippen molar-refractivity contribution in [3.8, 4) is 0 Å². The molecule has 0 spiro atoms. The van der Waals surface area contributed by atoms with E-state index in [1.807, 2.05) is 24.3 Å². The van der Waals surface area contributed by atoms with Crippen LogP contribution in [-0.4, -0.2) is 0 Å². The molecule has 4 heteroatoms. The Balaban J connectivity index is 1.05. The third-order valence-electron chi connectivity index (χ3n) is 11.3. The smallest absolute Gasteiger partial charge is 0.159 e. The molecule has 0 atom stereocenters. The van der Waals surface area contributed by atoms with E-state index < -0.39 is 0 Å². The number of anilines is 6. The fourth-order valence-electron chi connectivity index (χ4n) is 8.89. The van der Waals surface area contributed by atoms with Gasteiger partial charge in [-0.2, -0.15) is 0 Å². The van der Waals surface area contributed by atoms with Gasteiger partial charge in [-0.1, -0.05) is 121 Å². The van der Waals surface area contributed by atoms with Gasteiger partial charge in [0.2, 0.25) is 0 Å². The highest BCUT2D eigenvalue weighted by Gasteiger charge is 2.23. The number of fused-ring (bicyclic) bond motifs is 6. The van der Waals surface area contributed by atoms with Crippen LogP contribution in [0.1, 0.15) is 0 Å². The topological polar surface area (TPSA) is 32.8 Å². The second-order valence-corrected chi connectivity index (χ2v) is 14.5. The predicted molar refractivity (Wildman–Crippen MR) is 234 cm³/mol. The average molecular weight is 717 g/mol. The van der Waals surface area contributed by atoms with Gasteiger partial charge in [0.25, 0.3) is 0 Å². The quantitative estimate of drug-likeness (QED) is 0.160. The first-order valence-corrected chi connectivity index (χ1v) is 19.0. The fraction of sp³-hybridized carbons (Fsp3) is 0. The second kappa shape index (κ2) is 12.0. The molecule has 4 nitrogen and oxygen atoms in total. The van der Waals surface area contributed by atoms with Crippen molar-refractivity contribution in [1.29, 1.82) is 0 Å². The van der Waals surface area contributed by atoms with Crippen LogP contribution in [0.15, 0.2) is 203 Å². The van der Waals surface area contributed by atoms with Crippen molar-refractivity contribution in [2.45, 2.75) is 0 Å². The minimum absolute atomic E-state index is 0.872. The minimum Gasteiger partial charge on any atom is -0.454 e. The lowest BCUT2D eigenvalue weighted by Gasteiger charge is -2.27. The van der Waals surface area contributed by atoms with Crippen LogP contribution < -0.4 is 9.80 Å². The summed E-state index contributed by atoms with van der Waals surface area (Å²) in [7, 11) is 0. The van der Waals surface area contributed by atoms with Crippen molar-refractivity contribution in [1.82, 2.24) is 0 Å². The van der Waals surface area contributed by atoms with E-state index in [0.717, 1.165) is 78.0 Å². The van der Waals surface area contributed by atoms with Gasteiger partial charge in [0.05, 0.1) is 11.4 Å². The number of hydrogen-bond acceptors (Lipinski definition) is 4. The highest BCUT2D eigenvalue weighted by molar-refractivity contribution is 6.25. The average Bonchev–Trinajstić information content (AvgIpc) is 3.83. The lowest BCUT2D eigenvalue weighted by molar-refractivity contribution is 0.668. The second-order valence-electron chi connectivity index (χ2n) is 14.5. The molecule has 0 aliphatic rings. The first kappa shape index (κ1) is 30.9. The molecule has 0 saturated carbocycles. The van der Waals surface area contributed by atoms with Gasteiger partial charge in [0, 0.05) is 44.3 Å². The molecule has 262 valence electrons. The third kappa shape index (κ3) is 4.60. The first-order valence-electron chi connectivity index (χ1n) is 19.0. The molecule has 0 aliphatic carbocycles. The summed E-state index contributed by atoms with van der Waals surface area (Å²) < 4.78 is 13.2. The van der Waals surface area contributed by atoms with E-state index in [9.17, 15) is 0 Å². The standard InChI is InChI=1S/C52H32N2O2/c1-3-13-37(14-4-1)53(45-21-11-19-43-41-17-7-9-23-47(41)55-51(43)45)39-29-33-25-27-35-31-40(32-36-28-26-34(30-39)49(33)50(35)36)54(38-15-5-2-6-16-38)46-22-12-20-44-42-18-8-10-24-48(42)56-52(44)46/h1-32H. The number of rotatable bonds is 6. The lowest BCUT2D eigenvalue weighted by atomic mass is 9.92. The van der Waals surface area contributed by atoms with Gasteiger partial charge in [-0.15, -0.1) is 0 Å². The van der Waals surface area contributed by atoms with E-state index in [4.69, 9.17) is 8.83 Å². The predicted octanol–water partition coefficient (Wildman–Crippen LogP) is 15.3. The van der Waals surface area contributed by atoms with Crippen LogP contribution in [0.3, 0.4) is 0 Å². The molecule has 0 radical (unpaired) electrons. The summed E-state index contributed by atoms with van der Waals surface area (Å²) in [5.41, 5.74) is 9.81. The summed E-state index contributed by atoms with van der Waals surface area (Å²) >= 11 is 0. The van der Waals surface area contributed by atoms with E-state index in [1.54, 1.807) is 0 Å². The van der Waals surface area contributed by atoms with Crippen molar-refractivity contribution in [3.05, 3.63) is 194 Å². The number of para-hydroxylation sites is 6. The molecule has 10 aromatic carbocycles. The Morgan fingerprint density at radius 3 is 1.05 bits per heavy atom. The van der Waals surface area contributed by atoms with Crippen LogP contribution >= 0.6 is 0 Å². The molecule has 0 amide bonds. The normalized spacial score (nSPS) is 11.9. The zero-order valence-electron chi connectivity index (χ0n) is 30.2. The monoisotopic (exact) mass is 716 g/mol. The number of furan rings is 2. The molecule has 0 fully saturated rings. The molecule has 0 bridgehead atoms. The molecule has 0 aliphatic heterocycles. The molecular formula is C52H32N2O2. The first-order chi connectivity index (χ1) is 27.8. The maximum Gasteiger partial charge on any atom is 0.159 e. The fourth-order valence-corrected chi connectivity index (χ4v) is 8.89. The van der Waals surface area contributed by atoms with Crippen LogP contribution in [0.2, 0.25) is 0 Å². The SMILES string of the molecule is c1ccc(N(c2cc3ccc4cc(N(c5ccccc5)c5cccc6c5oc5ccccc56)cc5ccc(c2)c3c45)c2cccc3c2oc2ccccc23)cc1. The summed E-state index contributed by atoms with van der Waals surface area (Å²) in [4.78, 5) is 4.65. The zero-order valence-corrected chi connectivity index (χ0v) is 30.2. The van der Waals surface area contributed by atoms with Crippen LogP contribution in [-0.2, 0) is 0 Å². The van der Waals surface area contributed by atoms with Gasteiger partial charge >= 0.3 is 0 Å². The number of hydrogen-bond donors (Lipinski definition) is 0. The Morgan fingerprint density at radius 1 is 0.286 bits per heavy atom. The Bertz CT molecular complexity index is 3140. The van der Waals surface area contributed by atoms with Crippen molar-refractivity contribution >= 4 is 110 Å². The van der Waals surface area contributed by atoms with Gasteiger partial charge < -0.3 is 18.6 Å². The van der Waals surface area contributed by atoms with Crippen molar-refractivity contribution < 1.29 is 8.83 Å². The Labute approximate surface area is 322 Å².